The molecule has 0 aromatic carbocycles. The molecule has 4 saturated carbocycles. The number of carbonyl (C=O) groups is 1. The third-order valence-corrected chi connectivity index (χ3v) is 6.09. The summed E-state index contributed by atoms with van der Waals surface area (Å²) >= 11 is 0. The number of alkyl halides is 4. The van der Waals surface area contributed by atoms with Gasteiger partial charge >= 0.3 is 17.8 Å². The predicted molar refractivity (Wildman–Crippen MR) is 63.5 cm³/mol. The summed E-state index contributed by atoms with van der Waals surface area (Å²) in [4.78, 5) is 11.5. The van der Waals surface area contributed by atoms with Crippen LogP contribution in [0.25, 0.3) is 0 Å². The molecule has 4 atom stereocenters. The summed E-state index contributed by atoms with van der Waals surface area (Å²) in [6, 6.07) is 0. The minimum absolute atomic E-state index is 0.0183. The summed E-state index contributed by atoms with van der Waals surface area (Å²) in [6.07, 6.45) is 1.54. The molecule has 4 bridgehead atoms. The van der Waals surface area contributed by atoms with Gasteiger partial charge in [0.25, 0.3) is 0 Å². The molecule has 4 unspecified atom stereocenters. The molecule has 4 aliphatic carbocycles. The van der Waals surface area contributed by atoms with Crippen LogP contribution in [0.1, 0.15) is 25.7 Å². The van der Waals surface area contributed by atoms with Crippen LogP contribution in [-0.2, 0) is 14.3 Å². The highest BCUT2D eigenvalue weighted by molar-refractivity contribution is 5.76. The number of rotatable bonds is 1. The zero-order chi connectivity index (χ0) is 16.0. The van der Waals surface area contributed by atoms with Gasteiger partial charge in [0.15, 0.2) is 5.79 Å². The van der Waals surface area contributed by atoms with Crippen molar-refractivity contribution in [2.45, 2.75) is 43.3 Å². The van der Waals surface area contributed by atoms with Crippen LogP contribution in [-0.4, -0.2) is 41.9 Å². The fourth-order valence-corrected chi connectivity index (χ4v) is 5.10. The first kappa shape index (κ1) is 14.7. The third kappa shape index (κ3) is 1.57. The highest BCUT2D eigenvalue weighted by Crippen LogP contribution is 2.70. The molecule has 0 amide bonds. The van der Waals surface area contributed by atoms with Crippen molar-refractivity contribution < 1.29 is 36.9 Å². The van der Waals surface area contributed by atoms with Crippen molar-refractivity contribution in [3.63, 3.8) is 0 Å². The molecule has 1 heterocycles. The number of hydrogen-bond acceptors (Lipinski definition) is 3. The Bertz CT molecular complexity index is 515. The highest BCUT2D eigenvalue weighted by Gasteiger charge is 2.73. The average molecular weight is 324 g/mol. The molecule has 8 heteroatoms. The van der Waals surface area contributed by atoms with Crippen LogP contribution >= 0.6 is 0 Å². The van der Waals surface area contributed by atoms with Crippen LogP contribution in [0.4, 0.5) is 17.6 Å². The molecular formula is C14H16F4O4. The molecule has 5 aliphatic rings. The first-order chi connectivity index (χ1) is 10.1. The van der Waals surface area contributed by atoms with Crippen molar-refractivity contribution in [3.8, 4) is 0 Å². The molecule has 1 aliphatic heterocycles. The summed E-state index contributed by atoms with van der Waals surface area (Å²) in [6.45, 7) is -2.78. The molecule has 0 aromatic heterocycles. The van der Waals surface area contributed by atoms with E-state index in [-0.39, 0.29) is 18.8 Å². The van der Waals surface area contributed by atoms with Gasteiger partial charge in [-0.15, -0.1) is 0 Å². The van der Waals surface area contributed by atoms with Gasteiger partial charge in [0.1, 0.15) is 13.2 Å². The van der Waals surface area contributed by atoms with Gasteiger partial charge in [-0.3, -0.25) is 4.79 Å². The van der Waals surface area contributed by atoms with Crippen molar-refractivity contribution >= 4 is 5.97 Å². The van der Waals surface area contributed by atoms with Gasteiger partial charge in [-0.05, 0) is 31.6 Å². The van der Waals surface area contributed by atoms with E-state index in [1.165, 1.54) is 0 Å². The average Bonchev–Trinajstić information content (AvgIpc) is 2.77. The zero-order valence-electron chi connectivity index (χ0n) is 11.7. The minimum atomic E-state index is -4.28. The summed E-state index contributed by atoms with van der Waals surface area (Å²) in [5.74, 6) is -11.7. The van der Waals surface area contributed by atoms with E-state index in [2.05, 4.69) is 0 Å². The second-order valence-corrected chi connectivity index (χ2v) is 7.20. The van der Waals surface area contributed by atoms with E-state index in [1.807, 2.05) is 0 Å². The number of carboxylic acids is 1. The Morgan fingerprint density at radius 1 is 1.00 bits per heavy atom. The molecule has 1 N–H and O–H groups in total. The number of hydrogen-bond donors (Lipinski definition) is 1. The van der Waals surface area contributed by atoms with E-state index in [0.29, 0.717) is 12.8 Å². The van der Waals surface area contributed by atoms with Crippen LogP contribution in [0, 0.1) is 23.2 Å². The zero-order valence-corrected chi connectivity index (χ0v) is 11.7. The quantitative estimate of drug-likeness (QED) is 0.753. The fraction of sp³-hybridized carbons (Fsp3) is 0.929. The van der Waals surface area contributed by atoms with Gasteiger partial charge in [-0.25, -0.2) is 0 Å². The van der Waals surface area contributed by atoms with Gasteiger partial charge in [-0.1, -0.05) is 0 Å². The number of carboxylic acid groups (broad SMARTS) is 1. The Hall–Kier alpha value is -0.890. The van der Waals surface area contributed by atoms with E-state index in [4.69, 9.17) is 9.47 Å². The largest absolute Gasteiger partial charge is 0.481 e. The number of aliphatic carboxylic acids is 1. The second kappa shape index (κ2) is 3.95. The number of ether oxygens (including phenoxy) is 2. The maximum absolute atomic E-state index is 13.5. The normalized spacial score (nSPS) is 46.8. The van der Waals surface area contributed by atoms with Crippen LogP contribution in [0.15, 0.2) is 0 Å². The SMILES string of the molecule is O=C(O)C12CC3CC(C1)C1(OCC(F)(F)C(F)(F)CO1)C3C2. The Morgan fingerprint density at radius 3 is 2.09 bits per heavy atom. The van der Waals surface area contributed by atoms with E-state index < -0.39 is 54.1 Å². The highest BCUT2D eigenvalue weighted by atomic mass is 19.3. The van der Waals surface area contributed by atoms with Crippen LogP contribution in [0.3, 0.4) is 0 Å². The summed E-state index contributed by atoms with van der Waals surface area (Å²) in [5, 5.41) is 9.44. The van der Waals surface area contributed by atoms with Gasteiger partial charge < -0.3 is 14.6 Å². The molecule has 1 saturated heterocycles. The molecule has 0 radical (unpaired) electrons. The number of halogens is 4. The Balaban J connectivity index is 1.67. The smallest absolute Gasteiger partial charge is 0.335 e. The standard InChI is InChI=1S/C14H16F4O4/c15-12(16)5-21-14(22-6-13(12,17)18)8-1-7-2-11(3-8,10(19)20)4-9(7)14/h7-9H,1-6H2,(H,19,20). The van der Waals surface area contributed by atoms with Crippen molar-refractivity contribution in [2.75, 3.05) is 13.2 Å². The lowest BCUT2D eigenvalue weighted by Crippen LogP contribution is -2.52. The molecule has 22 heavy (non-hydrogen) atoms. The molecule has 5 rings (SSSR count). The topological polar surface area (TPSA) is 55.8 Å². The fourth-order valence-electron chi connectivity index (χ4n) is 5.10. The van der Waals surface area contributed by atoms with Crippen molar-refractivity contribution in [1.29, 1.82) is 0 Å². The predicted octanol–water partition coefficient (Wildman–Crippen LogP) is 2.52. The maximum Gasteiger partial charge on any atom is 0.335 e. The second-order valence-electron chi connectivity index (χ2n) is 7.20. The Kier molecular flexibility index (Phi) is 2.64. The minimum Gasteiger partial charge on any atom is -0.481 e. The van der Waals surface area contributed by atoms with Crippen molar-refractivity contribution in [1.82, 2.24) is 0 Å². The van der Waals surface area contributed by atoms with Gasteiger partial charge in [-0.2, -0.15) is 17.6 Å². The van der Waals surface area contributed by atoms with Gasteiger partial charge in [0.05, 0.1) is 5.41 Å². The third-order valence-electron chi connectivity index (χ3n) is 6.09. The lowest BCUT2D eigenvalue weighted by Gasteiger charge is -2.45. The maximum atomic E-state index is 13.5. The molecule has 4 nitrogen and oxygen atoms in total. The first-order valence-corrected chi connectivity index (χ1v) is 7.39. The summed E-state index contributed by atoms with van der Waals surface area (Å²) in [5.41, 5.74) is -0.868. The lowest BCUT2D eigenvalue weighted by molar-refractivity contribution is -0.293. The first-order valence-electron chi connectivity index (χ1n) is 7.39. The van der Waals surface area contributed by atoms with Crippen molar-refractivity contribution in [3.05, 3.63) is 0 Å². The van der Waals surface area contributed by atoms with Gasteiger partial charge in [0.2, 0.25) is 0 Å². The van der Waals surface area contributed by atoms with E-state index >= 15 is 0 Å². The Morgan fingerprint density at radius 2 is 1.59 bits per heavy atom. The molecule has 0 aromatic rings. The summed E-state index contributed by atoms with van der Waals surface area (Å²) < 4.78 is 64.6. The van der Waals surface area contributed by atoms with Crippen LogP contribution < -0.4 is 0 Å². The Labute approximate surface area is 123 Å². The van der Waals surface area contributed by atoms with E-state index in [1.54, 1.807) is 0 Å². The molecule has 1 spiro atoms. The van der Waals surface area contributed by atoms with Crippen molar-refractivity contribution in [2.24, 2.45) is 23.2 Å². The van der Waals surface area contributed by atoms with E-state index in [0.717, 1.165) is 0 Å². The summed E-state index contributed by atoms with van der Waals surface area (Å²) in [7, 11) is 0. The van der Waals surface area contributed by atoms with Crippen LogP contribution in [0.2, 0.25) is 0 Å². The molecule has 124 valence electrons. The van der Waals surface area contributed by atoms with E-state index in [9.17, 15) is 27.5 Å². The monoisotopic (exact) mass is 324 g/mol. The lowest BCUT2D eigenvalue weighted by atomic mass is 9.67. The van der Waals surface area contributed by atoms with Crippen LogP contribution in [0.5, 0.6) is 0 Å². The molecule has 5 fully saturated rings. The van der Waals surface area contributed by atoms with Gasteiger partial charge in [0, 0.05) is 11.8 Å². The molecular weight excluding hydrogens is 308 g/mol.